The second-order valence-corrected chi connectivity index (χ2v) is 12.1. The van der Waals surface area contributed by atoms with Gasteiger partial charge in [-0.1, -0.05) is 56.4 Å². The number of amides is 3. The number of hydrogen-bond acceptors (Lipinski definition) is 6. The number of benzene rings is 1. The highest BCUT2D eigenvalue weighted by Gasteiger charge is 2.38. The van der Waals surface area contributed by atoms with Crippen LogP contribution in [0.4, 0.5) is 0 Å². The minimum absolute atomic E-state index is 0.0305. The molecule has 1 aromatic rings. The number of nitrogens with zero attached hydrogens (tertiary/aromatic N) is 1. The molecule has 198 valence electrons. The molecule has 2 aliphatic rings. The summed E-state index contributed by atoms with van der Waals surface area (Å²) >= 11 is 0. The fourth-order valence-corrected chi connectivity index (χ4v) is 5.62. The lowest BCUT2D eigenvalue weighted by atomic mass is 9.84. The predicted octanol–water partition coefficient (Wildman–Crippen LogP) is 1.08. The number of carbonyl (C=O) groups is 3. The number of amidine groups is 1. The summed E-state index contributed by atoms with van der Waals surface area (Å²) in [6, 6.07) is 5.50. The van der Waals surface area contributed by atoms with Crippen molar-refractivity contribution in [1.82, 2.24) is 15.5 Å². The maximum Gasteiger partial charge on any atom is 0.245 e. The molecule has 2 fully saturated rings. The van der Waals surface area contributed by atoms with Crippen molar-refractivity contribution in [2.24, 2.45) is 11.7 Å². The molecule has 10 nitrogen and oxygen atoms in total. The summed E-state index contributed by atoms with van der Waals surface area (Å²) in [5, 5.41) is 13.0. The van der Waals surface area contributed by atoms with Gasteiger partial charge in [-0.15, -0.1) is 0 Å². The smallest absolute Gasteiger partial charge is 0.245 e. The predicted molar refractivity (Wildman–Crippen MR) is 137 cm³/mol. The third kappa shape index (κ3) is 8.04. The molecule has 3 rings (SSSR count). The van der Waals surface area contributed by atoms with Gasteiger partial charge in [0, 0.05) is 24.9 Å². The van der Waals surface area contributed by atoms with Crippen molar-refractivity contribution in [3.8, 4) is 0 Å². The molecular formula is C25H37N5O5S. The fraction of sp³-hybridized carbons (Fsp3) is 0.600. The van der Waals surface area contributed by atoms with Crippen LogP contribution in [0.15, 0.2) is 24.3 Å². The van der Waals surface area contributed by atoms with Crippen LogP contribution in [0.1, 0.15) is 62.5 Å². The van der Waals surface area contributed by atoms with Gasteiger partial charge in [0.05, 0.1) is 0 Å². The Morgan fingerprint density at radius 1 is 1.08 bits per heavy atom. The van der Waals surface area contributed by atoms with Gasteiger partial charge in [-0.2, -0.15) is 0 Å². The molecule has 1 saturated heterocycles. The van der Waals surface area contributed by atoms with E-state index in [4.69, 9.17) is 11.1 Å². The number of carbonyl (C=O) groups excluding carboxylic acids is 3. The molecule has 1 heterocycles. The molecule has 1 saturated carbocycles. The van der Waals surface area contributed by atoms with E-state index in [0.29, 0.717) is 31.4 Å². The highest BCUT2D eigenvalue weighted by Crippen LogP contribution is 2.29. The molecule has 11 heteroatoms. The Kier molecular flexibility index (Phi) is 9.47. The molecule has 0 aromatic heterocycles. The van der Waals surface area contributed by atoms with E-state index in [1.54, 1.807) is 24.3 Å². The number of sulfone groups is 1. The zero-order valence-corrected chi connectivity index (χ0v) is 21.6. The molecule has 1 aliphatic carbocycles. The highest BCUT2D eigenvalue weighted by molar-refractivity contribution is 7.91. The van der Waals surface area contributed by atoms with E-state index in [9.17, 15) is 22.8 Å². The third-order valence-corrected chi connectivity index (χ3v) is 7.68. The fourth-order valence-electron chi connectivity index (χ4n) is 5.06. The van der Waals surface area contributed by atoms with Crippen LogP contribution in [0.2, 0.25) is 0 Å². The zero-order valence-electron chi connectivity index (χ0n) is 20.8. The molecule has 0 spiro atoms. The summed E-state index contributed by atoms with van der Waals surface area (Å²) < 4.78 is 23.2. The molecule has 5 N–H and O–H groups in total. The summed E-state index contributed by atoms with van der Waals surface area (Å²) in [5.41, 5.74) is 6.91. The first-order valence-electron chi connectivity index (χ1n) is 12.5. The van der Waals surface area contributed by atoms with E-state index in [1.165, 1.54) is 4.90 Å². The van der Waals surface area contributed by atoms with E-state index < -0.39 is 33.6 Å². The number of hydrogen-bond donors (Lipinski definition) is 4. The monoisotopic (exact) mass is 519 g/mol. The molecule has 0 radical (unpaired) electrons. The number of nitrogen functional groups attached to an aromatic ring is 1. The Morgan fingerprint density at radius 2 is 1.75 bits per heavy atom. The van der Waals surface area contributed by atoms with Crippen molar-refractivity contribution >= 4 is 33.4 Å². The van der Waals surface area contributed by atoms with Gasteiger partial charge in [-0.25, -0.2) is 8.42 Å². The molecule has 3 amide bonds. The SMILES string of the molecule is CS(=O)(=O)CC(=O)N[C@H](CC1CCCCC1)C(=O)N1CCC[C@H]1C(=O)NCc1ccc(C(=N)N)cc1. The van der Waals surface area contributed by atoms with Gasteiger partial charge in [-0.3, -0.25) is 19.8 Å². The van der Waals surface area contributed by atoms with E-state index in [2.05, 4.69) is 10.6 Å². The Bertz CT molecular complexity index is 1070. The largest absolute Gasteiger partial charge is 0.384 e. The minimum Gasteiger partial charge on any atom is -0.384 e. The second kappa shape index (κ2) is 12.3. The van der Waals surface area contributed by atoms with Gasteiger partial charge in [0.2, 0.25) is 17.7 Å². The second-order valence-electron chi connectivity index (χ2n) is 9.95. The maximum absolute atomic E-state index is 13.6. The Balaban J connectivity index is 1.66. The molecule has 0 bridgehead atoms. The molecule has 1 aliphatic heterocycles. The van der Waals surface area contributed by atoms with Crippen molar-refractivity contribution in [3.63, 3.8) is 0 Å². The van der Waals surface area contributed by atoms with Gasteiger partial charge in [-0.05, 0) is 30.7 Å². The van der Waals surface area contributed by atoms with Crippen molar-refractivity contribution in [2.75, 3.05) is 18.6 Å². The van der Waals surface area contributed by atoms with Gasteiger partial charge in [0.1, 0.15) is 23.7 Å². The van der Waals surface area contributed by atoms with Gasteiger partial charge >= 0.3 is 0 Å². The average molecular weight is 520 g/mol. The topological polar surface area (TPSA) is 163 Å². The van der Waals surface area contributed by atoms with Crippen LogP contribution >= 0.6 is 0 Å². The van der Waals surface area contributed by atoms with Crippen LogP contribution in [0, 0.1) is 11.3 Å². The van der Waals surface area contributed by atoms with Crippen LogP contribution in [0.5, 0.6) is 0 Å². The molecule has 36 heavy (non-hydrogen) atoms. The van der Waals surface area contributed by atoms with Crippen molar-refractivity contribution in [2.45, 2.75) is 70.0 Å². The lowest BCUT2D eigenvalue weighted by Crippen LogP contribution is -2.54. The molecular weight excluding hydrogens is 482 g/mol. The van der Waals surface area contributed by atoms with Gasteiger partial charge < -0.3 is 21.3 Å². The summed E-state index contributed by atoms with van der Waals surface area (Å²) in [5.74, 6) is -1.72. The average Bonchev–Trinajstić information content (AvgIpc) is 3.31. The Labute approximate surface area is 212 Å². The summed E-state index contributed by atoms with van der Waals surface area (Å²) in [6.07, 6.45) is 7.87. The highest BCUT2D eigenvalue weighted by atomic mass is 32.2. The number of nitrogens with two attached hydrogens (primary N) is 1. The third-order valence-electron chi connectivity index (χ3n) is 6.89. The van der Waals surface area contributed by atoms with Crippen molar-refractivity contribution < 1.29 is 22.8 Å². The van der Waals surface area contributed by atoms with Crippen LogP contribution in [0.25, 0.3) is 0 Å². The minimum atomic E-state index is -3.53. The van der Waals surface area contributed by atoms with Crippen molar-refractivity contribution in [3.05, 3.63) is 35.4 Å². The summed E-state index contributed by atoms with van der Waals surface area (Å²) in [7, 11) is -3.53. The molecule has 1 aromatic carbocycles. The van der Waals surface area contributed by atoms with Crippen LogP contribution in [-0.4, -0.2) is 67.5 Å². The standard InChI is InChI=1S/C25H37N5O5S/c1-36(34,35)16-22(31)29-20(14-17-6-3-2-4-7-17)25(33)30-13-5-8-21(30)24(32)28-15-18-9-11-19(12-10-18)23(26)27/h9-12,17,20-21H,2-8,13-16H2,1H3,(H3,26,27)(H,28,32)(H,29,31)/t20-,21+/m1/s1. The van der Waals surface area contributed by atoms with Crippen molar-refractivity contribution in [1.29, 1.82) is 5.41 Å². The summed E-state index contributed by atoms with van der Waals surface area (Å²) in [4.78, 5) is 40.5. The van der Waals surface area contributed by atoms with Gasteiger partial charge in [0.15, 0.2) is 9.84 Å². The van der Waals surface area contributed by atoms with Crippen LogP contribution < -0.4 is 16.4 Å². The first kappa shape index (κ1) is 27.6. The first-order valence-corrected chi connectivity index (χ1v) is 14.6. The number of likely N-dealkylation sites (tertiary alicyclic amines) is 1. The van der Waals surface area contributed by atoms with E-state index in [1.807, 2.05) is 0 Å². The summed E-state index contributed by atoms with van der Waals surface area (Å²) in [6.45, 7) is 0.680. The first-order chi connectivity index (χ1) is 17.0. The lowest BCUT2D eigenvalue weighted by molar-refractivity contribution is -0.141. The quantitative estimate of drug-likeness (QED) is 0.267. The van der Waals surface area contributed by atoms with E-state index in [0.717, 1.165) is 43.9 Å². The van der Waals surface area contributed by atoms with Crippen LogP contribution in [0.3, 0.4) is 0 Å². The lowest BCUT2D eigenvalue weighted by Gasteiger charge is -2.31. The van der Waals surface area contributed by atoms with Gasteiger partial charge in [0.25, 0.3) is 0 Å². The van der Waals surface area contributed by atoms with Crippen LogP contribution in [-0.2, 0) is 30.8 Å². The molecule has 2 atom stereocenters. The normalized spacial score (nSPS) is 19.5. The van der Waals surface area contributed by atoms with E-state index >= 15 is 0 Å². The Morgan fingerprint density at radius 3 is 2.36 bits per heavy atom. The Hall–Kier alpha value is -2.95. The zero-order chi connectivity index (χ0) is 26.3. The maximum atomic E-state index is 13.6. The number of rotatable bonds is 10. The van der Waals surface area contributed by atoms with E-state index in [-0.39, 0.29) is 30.1 Å². The number of nitrogens with one attached hydrogen (secondary N) is 3. The molecule has 0 unspecified atom stereocenters.